The lowest BCUT2D eigenvalue weighted by atomic mass is 10.2. The van der Waals surface area contributed by atoms with Gasteiger partial charge < -0.3 is 5.32 Å². The summed E-state index contributed by atoms with van der Waals surface area (Å²) in [5.74, 6) is 0.778. The number of aromatic amines is 1. The summed E-state index contributed by atoms with van der Waals surface area (Å²) in [5, 5.41) is 9.42. The van der Waals surface area contributed by atoms with Crippen molar-refractivity contribution in [3.8, 4) is 0 Å². The van der Waals surface area contributed by atoms with Crippen LogP contribution in [0.25, 0.3) is 0 Å². The molecule has 2 N–H and O–H groups in total. The summed E-state index contributed by atoms with van der Waals surface area (Å²) in [5.41, 5.74) is 0.657. The van der Waals surface area contributed by atoms with Gasteiger partial charge in [-0.15, -0.1) is 0 Å². The molecular formula is C12H13BrN4O. The van der Waals surface area contributed by atoms with E-state index in [0.29, 0.717) is 12.1 Å². The molecule has 1 amide bonds. The highest BCUT2D eigenvalue weighted by Gasteiger charge is 2.04. The van der Waals surface area contributed by atoms with Crippen molar-refractivity contribution in [1.82, 2.24) is 20.5 Å². The van der Waals surface area contributed by atoms with Crippen molar-refractivity contribution in [3.05, 3.63) is 46.5 Å². The van der Waals surface area contributed by atoms with Crippen molar-refractivity contribution in [3.63, 3.8) is 0 Å². The van der Waals surface area contributed by atoms with Crippen LogP contribution in [-0.2, 0) is 6.42 Å². The zero-order valence-corrected chi connectivity index (χ0v) is 11.3. The van der Waals surface area contributed by atoms with Crippen LogP contribution in [0.3, 0.4) is 0 Å². The lowest BCUT2D eigenvalue weighted by Gasteiger charge is -2.04. The van der Waals surface area contributed by atoms with Gasteiger partial charge in [0.25, 0.3) is 5.91 Å². The quantitative estimate of drug-likeness (QED) is 0.829. The molecule has 0 unspecified atom stereocenters. The van der Waals surface area contributed by atoms with Crippen LogP contribution in [0.5, 0.6) is 0 Å². The van der Waals surface area contributed by atoms with Crippen molar-refractivity contribution < 1.29 is 4.79 Å². The minimum atomic E-state index is -0.0612. The number of nitrogens with one attached hydrogen (secondary N) is 2. The van der Waals surface area contributed by atoms with Crippen molar-refractivity contribution in [2.24, 2.45) is 0 Å². The average Bonchev–Trinajstić information content (AvgIpc) is 2.87. The SMILES string of the molecule is O=C(NCCCc1ncn[nH]1)c1cccc(Br)c1. The summed E-state index contributed by atoms with van der Waals surface area (Å²) in [6.45, 7) is 0.617. The van der Waals surface area contributed by atoms with Crippen LogP contribution in [0.4, 0.5) is 0 Å². The number of amides is 1. The van der Waals surface area contributed by atoms with Crippen molar-refractivity contribution in [2.45, 2.75) is 12.8 Å². The fourth-order valence-corrected chi connectivity index (χ4v) is 1.94. The number of halogens is 1. The van der Waals surface area contributed by atoms with Crippen molar-refractivity contribution in [1.29, 1.82) is 0 Å². The van der Waals surface area contributed by atoms with Gasteiger partial charge in [0, 0.05) is 23.0 Å². The molecule has 0 atom stereocenters. The maximum atomic E-state index is 11.8. The highest BCUT2D eigenvalue weighted by molar-refractivity contribution is 9.10. The Hall–Kier alpha value is -1.69. The van der Waals surface area contributed by atoms with Crippen molar-refractivity contribution in [2.75, 3.05) is 6.54 Å². The first kappa shape index (κ1) is 12.8. The van der Waals surface area contributed by atoms with E-state index in [1.165, 1.54) is 6.33 Å². The Morgan fingerprint density at radius 3 is 3.06 bits per heavy atom. The summed E-state index contributed by atoms with van der Waals surface area (Å²) in [4.78, 5) is 15.8. The molecule has 0 radical (unpaired) electrons. The van der Waals surface area contributed by atoms with E-state index in [0.717, 1.165) is 23.1 Å². The summed E-state index contributed by atoms with van der Waals surface area (Å²) in [6.07, 6.45) is 3.09. The topological polar surface area (TPSA) is 70.7 Å². The standard InChI is InChI=1S/C12H13BrN4O/c13-10-4-1-3-9(7-10)12(18)14-6-2-5-11-15-8-16-17-11/h1,3-4,7-8H,2,5-6H2,(H,14,18)(H,15,16,17). The molecule has 1 aromatic heterocycles. The number of benzene rings is 1. The number of aryl methyl sites for hydroxylation is 1. The summed E-state index contributed by atoms with van der Waals surface area (Å²) < 4.78 is 0.900. The second-order valence-electron chi connectivity index (χ2n) is 3.80. The number of carbonyl (C=O) groups excluding carboxylic acids is 1. The molecule has 18 heavy (non-hydrogen) atoms. The highest BCUT2D eigenvalue weighted by atomic mass is 79.9. The van der Waals surface area contributed by atoms with Crippen LogP contribution in [0.2, 0.25) is 0 Å². The van der Waals surface area contributed by atoms with E-state index in [-0.39, 0.29) is 5.91 Å². The molecule has 0 aliphatic heterocycles. The molecular weight excluding hydrogens is 296 g/mol. The van der Waals surface area contributed by atoms with Crippen molar-refractivity contribution >= 4 is 21.8 Å². The van der Waals surface area contributed by atoms with Gasteiger partial charge >= 0.3 is 0 Å². The minimum absolute atomic E-state index is 0.0612. The number of rotatable bonds is 5. The number of aromatic nitrogens is 3. The van der Waals surface area contributed by atoms with Gasteiger partial charge in [-0.1, -0.05) is 22.0 Å². The third-order valence-electron chi connectivity index (χ3n) is 2.43. The molecule has 0 aliphatic carbocycles. The molecule has 6 heteroatoms. The fourth-order valence-electron chi connectivity index (χ4n) is 1.54. The molecule has 0 fully saturated rings. The molecule has 0 saturated heterocycles. The zero-order chi connectivity index (χ0) is 12.8. The van der Waals surface area contributed by atoms with E-state index in [1.54, 1.807) is 12.1 Å². The van der Waals surface area contributed by atoms with Gasteiger partial charge in [-0.3, -0.25) is 9.89 Å². The van der Waals surface area contributed by atoms with E-state index in [4.69, 9.17) is 0 Å². The van der Waals surface area contributed by atoms with Crippen LogP contribution in [0, 0.1) is 0 Å². The Balaban J connectivity index is 1.75. The molecule has 0 spiro atoms. The normalized spacial score (nSPS) is 10.3. The first-order valence-corrected chi connectivity index (χ1v) is 6.43. The molecule has 0 bridgehead atoms. The van der Waals surface area contributed by atoms with Crippen LogP contribution in [0.1, 0.15) is 22.6 Å². The monoisotopic (exact) mass is 308 g/mol. The molecule has 0 saturated carbocycles. The van der Waals surface area contributed by atoms with Gasteiger partial charge in [0.05, 0.1) is 0 Å². The van der Waals surface area contributed by atoms with E-state index in [1.807, 2.05) is 12.1 Å². The first-order chi connectivity index (χ1) is 8.75. The van der Waals surface area contributed by atoms with Gasteiger partial charge in [-0.2, -0.15) is 5.10 Å². The maximum Gasteiger partial charge on any atom is 0.251 e. The van der Waals surface area contributed by atoms with Gasteiger partial charge in [-0.25, -0.2) is 4.98 Å². The fraction of sp³-hybridized carbons (Fsp3) is 0.250. The molecule has 1 heterocycles. The van der Waals surface area contributed by atoms with Gasteiger partial charge in [0.1, 0.15) is 12.2 Å². The average molecular weight is 309 g/mol. The summed E-state index contributed by atoms with van der Waals surface area (Å²) in [7, 11) is 0. The van der Waals surface area contributed by atoms with Gasteiger partial charge in [-0.05, 0) is 24.6 Å². The predicted octanol–water partition coefficient (Wildman–Crippen LogP) is 1.93. The number of nitrogens with zero attached hydrogens (tertiary/aromatic N) is 2. The number of H-pyrrole nitrogens is 1. The molecule has 1 aromatic carbocycles. The number of carbonyl (C=O) groups is 1. The largest absolute Gasteiger partial charge is 0.352 e. The van der Waals surface area contributed by atoms with Crippen LogP contribution in [-0.4, -0.2) is 27.6 Å². The second-order valence-corrected chi connectivity index (χ2v) is 4.72. The first-order valence-electron chi connectivity index (χ1n) is 5.64. The zero-order valence-electron chi connectivity index (χ0n) is 9.69. The Bertz CT molecular complexity index is 513. The molecule has 2 rings (SSSR count). The van der Waals surface area contributed by atoms with Crippen LogP contribution in [0.15, 0.2) is 35.1 Å². The summed E-state index contributed by atoms with van der Waals surface area (Å²) in [6, 6.07) is 7.32. The smallest absolute Gasteiger partial charge is 0.251 e. The Labute approximate surface area is 113 Å². The Morgan fingerprint density at radius 1 is 1.44 bits per heavy atom. The minimum Gasteiger partial charge on any atom is -0.352 e. The van der Waals surface area contributed by atoms with E-state index in [9.17, 15) is 4.79 Å². The van der Waals surface area contributed by atoms with E-state index >= 15 is 0 Å². The number of hydrogen-bond acceptors (Lipinski definition) is 3. The third-order valence-corrected chi connectivity index (χ3v) is 2.92. The second kappa shape index (κ2) is 6.30. The molecule has 2 aromatic rings. The van der Waals surface area contributed by atoms with Gasteiger partial charge in [0.15, 0.2) is 0 Å². The van der Waals surface area contributed by atoms with Gasteiger partial charge in [0.2, 0.25) is 0 Å². The molecule has 0 aliphatic rings. The lowest BCUT2D eigenvalue weighted by Crippen LogP contribution is -2.24. The highest BCUT2D eigenvalue weighted by Crippen LogP contribution is 2.11. The third kappa shape index (κ3) is 3.66. The number of hydrogen-bond donors (Lipinski definition) is 2. The lowest BCUT2D eigenvalue weighted by molar-refractivity contribution is 0.0953. The van der Waals surface area contributed by atoms with E-state index < -0.39 is 0 Å². The van der Waals surface area contributed by atoms with Crippen LogP contribution < -0.4 is 5.32 Å². The van der Waals surface area contributed by atoms with Crippen LogP contribution >= 0.6 is 15.9 Å². The summed E-state index contributed by atoms with van der Waals surface area (Å²) >= 11 is 3.34. The maximum absolute atomic E-state index is 11.8. The molecule has 5 nitrogen and oxygen atoms in total. The Kier molecular flexibility index (Phi) is 4.46. The molecule has 94 valence electrons. The Morgan fingerprint density at radius 2 is 2.33 bits per heavy atom. The predicted molar refractivity (Wildman–Crippen MR) is 71.2 cm³/mol. The van der Waals surface area contributed by atoms with E-state index in [2.05, 4.69) is 36.4 Å².